The molecule has 1 saturated carbocycles. The summed E-state index contributed by atoms with van der Waals surface area (Å²) in [5, 5.41) is 39.4. The first-order valence-electron chi connectivity index (χ1n) is 15.6. The number of aliphatic carboxylic acids is 2. The first-order valence-corrected chi connectivity index (χ1v) is 15.6. The van der Waals surface area contributed by atoms with Crippen molar-refractivity contribution in [2.45, 2.75) is 124 Å². The largest absolute Gasteiger partial charge is 2.00 e. The fourth-order valence-corrected chi connectivity index (χ4v) is 5.18. The summed E-state index contributed by atoms with van der Waals surface area (Å²) in [6.07, 6.45) is 14.8. The zero-order valence-corrected chi connectivity index (χ0v) is 28.2. The van der Waals surface area contributed by atoms with Gasteiger partial charge in [-0.3, -0.25) is 9.98 Å². The average Bonchev–Trinajstić information content (AvgIpc) is 3.38. The molecule has 2 unspecified atom stereocenters. The van der Waals surface area contributed by atoms with Crippen molar-refractivity contribution in [1.29, 1.82) is 0 Å². The third-order valence-electron chi connectivity index (χ3n) is 6.93. The molecule has 0 heterocycles. The molecule has 2 atom stereocenters. The van der Waals surface area contributed by atoms with Crippen molar-refractivity contribution < 1.29 is 46.8 Å². The molecule has 245 valence electrons. The minimum Gasteiger partial charge on any atom is -0.550 e. The minimum atomic E-state index is -1.08. The molecule has 2 N–H and O–H groups in total. The summed E-state index contributed by atoms with van der Waals surface area (Å²) in [6.45, 7) is 10.6. The van der Waals surface area contributed by atoms with Gasteiger partial charge < -0.3 is 30.0 Å². The summed E-state index contributed by atoms with van der Waals surface area (Å²) in [5.41, 5.74) is 6.21. The Bertz CT molecular complexity index is 1130. The quantitative estimate of drug-likeness (QED) is 0.313. The van der Waals surface area contributed by atoms with E-state index < -0.39 is 11.9 Å². The molecule has 2 aromatic rings. The Morgan fingerprint density at radius 3 is 1.32 bits per heavy atom. The van der Waals surface area contributed by atoms with E-state index in [2.05, 4.69) is 52.0 Å². The molecule has 1 fully saturated rings. The van der Waals surface area contributed by atoms with E-state index in [0.717, 1.165) is 107 Å². The van der Waals surface area contributed by atoms with E-state index in [1.807, 2.05) is 12.4 Å². The number of hydrogen-bond acceptors (Lipinski definition) is 8. The number of aliphatic imine (C=N–C) groups is 2. The monoisotopic (exact) mass is 653 g/mol. The molecule has 1 aliphatic carbocycles. The van der Waals surface area contributed by atoms with E-state index in [0.29, 0.717) is 11.5 Å². The topological polar surface area (TPSA) is 145 Å². The van der Waals surface area contributed by atoms with Crippen LogP contribution in [0.2, 0.25) is 0 Å². The molecule has 44 heavy (non-hydrogen) atoms. The molecule has 0 saturated heterocycles. The molecular formula is C35H50CoN2O6. The van der Waals surface area contributed by atoms with Gasteiger partial charge in [0, 0.05) is 35.5 Å². The van der Waals surface area contributed by atoms with E-state index in [1.165, 1.54) is 11.1 Å². The number of phenols is 2. The van der Waals surface area contributed by atoms with Crippen molar-refractivity contribution in [3.05, 3.63) is 57.6 Å². The maximum atomic E-state index is 10.8. The molecule has 0 spiro atoms. The molecule has 1 radical (unpaired) electrons. The van der Waals surface area contributed by atoms with Gasteiger partial charge in [-0.15, -0.1) is 0 Å². The fraction of sp³-hybridized carbons (Fsp3) is 0.543. The molecule has 0 bridgehead atoms. The van der Waals surface area contributed by atoms with E-state index in [1.54, 1.807) is 0 Å². The molecule has 9 heteroatoms. The first-order chi connectivity index (χ1) is 20.5. The van der Waals surface area contributed by atoms with Gasteiger partial charge in [0.05, 0.1) is 12.1 Å². The number of benzene rings is 2. The van der Waals surface area contributed by atoms with Gasteiger partial charge in [0.1, 0.15) is 11.5 Å². The predicted octanol–water partition coefficient (Wildman–Crippen LogP) is 4.88. The smallest absolute Gasteiger partial charge is 0.550 e. The third-order valence-corrected chi connectivity index (χ3v) is 6.93. The van der Waals surface area contributed by atoms with Gasteiger partial charge in [0.2, 0.25) is 0 Å². The van der Waals surface area contributed by atoms with Crippen LogP contribution in [-0.4, -0.2) is 46.7 Å². The summed E-state index contributed by atoms with van der Waals surface area (Å²) in [7, 11) is 0. The number of carbonyl (C=O) groups is 2. The van der Waals surface area contributed by atoms with Crippen LogP contribution in [0.5, 0.6) is 11.5 Å². The molecule has 8 nitrogen and oxygen atoms in total. The fourth-order valence-electron chi connectivity index (χ4n) is 5.18. The van der Waals surface area contributed by atoms with Gasteiger partial charge in [-0.25, -0.2) is 0 Å². The van der Waals surface area contributed by atoms with Crippen LogP contribution >= 0.6 is 0 Å². The molecule has 0 aromatic heterocycles. The predicted molar refractivity (Wildman–Crippen MR) is 170 cm³/mol. The van der Waals surface area contributed by atoms with Crippen LogP contribution in [0.1, 0.15) is 120 Å². The van der Waals surface area contributed by atoms with Crippen molar-refractivity contribution in [2.75, 3.05) is 0 Å². The molecule has 1 aliphatic rings. The maximum Gasteiger partial charge on any atom is 2.00 e. The van der Waals surface area contributed by atoms with Crippen LogP contribution in [-0.2, 0) is 52.1 Å². The van der Waals surface area contributed by atoms with E-state index in [-0.39, 0.29) is 28.9 Å². The molecular weight excluding hydrogens is 603 g/mol. The number of aromatic hydroxyl groups is 2. The van der Waals surface area contributed by atoms with Gasteiger partial charge in [-0.2, -0.15) is 0 Å². The third kappa shape index (κ3) is 15.0. The summed E-state index contributed by atoms with van der Waals surface area (Å²) in [4.78, 5) is 27.6. The van der Waals surface area contributed by atoms with Crippen LogP contribution in [0.3, 0.4) is 0 Å². The average molecular weight is 654 g/mol. The molecule has 3 rings (SSSR count). The number of hydrogen-bond donors (Lipinski definition) is 2. The summed E-state index contributed by atoms with van der Waals surface area (Å²) < 4.78 is 0. The van der Waals surface area contributed by atoms with Gasteiger partial charge in [0.25, 0.3) is 0 Å². The van der Waals surface area contributed by atoms with Gasteiger partial charge in [0.15, 0.2) is 0 Å². The number of carboxylic acids is 2. The number of nitrogens with zero attached hydrogens (tertiary/aromatic N) is 2. The van der Waals surface area contributed by atoms with Crippen molar-refractivity contribution >= 4 is 24.4 Å². The van der Waals surface area contributed by atoms with E-state index in [4.69, 9.17) is 29.8 Å². The number of carbonyl (C=O) groups excluding carboxylic acids is 2. The van der Waals surface area contributed by atoms with Gasteiger partial charge in [-0.05, 0) is 93.2 Å². The zero-order chi connectivity index (χ0) is 32.4. The van der Waals surface area contributed by atoms with Crippen LogP contribution in [0.4, 0.5) is 0 Å². The Balaban J connectivity index is 0.00000183. The Morgan fingerprint density at radius 1 is 0.705 bits per heavy atom. The van der Waals surface area contributed by atoms with Crippen molar-refractivity contribution in [3.8, 4) is 11.5 Å². The Labute approximate surface area is 273 Å². The van der Waals surface area contributed by atoms with Crippen LogP contribution in [0.25, 0.3) is 0 Å². The van der Waals surface area contributed by atoms with Gasteiger partial charge >= 0.3 is 16.8 Å². The Hall–Kier alpha value is -3.17. The van der Waals surface area contributed by atoms with Crippen LogP contribution in [0.15, 0.2) is 34.3 Å². The SMILES string of the molecule is CC(=O)[O-].CC(=O)[O-].CCCc1cc(C=NC2CCCC2N=Cc2cc(CCC)cc(CCC)c2O)c(O)c(CCC)c1.[Co+2]. The van der Waals surface area contributed by atoms with Crippen LogP contribution < -0.4 is 10.2 Å². The maximum absolute atomic E-state index is 10.8. The van der Waals surface area contributed by atoms with E-state index in [9.17, 15) is 10.2 Å². The van der Waals surface area contributed by atoms with Gasteiger partial charge in [-0.1, -0.05) is 65.5 Å². The van der Waals surface area contributed by atoms with Crippen molar-refractivity contribution in [2.24, 2.45) is 9.98 Å². The summed E-state index contributed by atoms with van der Waals surface area (Å²) in [5.74, 6) is -1.43. The molecule has 0 aliphatic heterocycles. The summed E-state index contributed by atoms with van der Waals surface area (Å²) in [6, 6.07) is 8.67. The number of rotatable bonds is 12. The second kappa shape index (κ2) is 22.4. The first kappa shape index (κ1) is 40.8. The number of carboxylic acid groups (broad SMARTS) is 2. The second-order valence-electron chi connectivity index (χ2n) is 11.0. The number of aryl methyl sites for hydroxylation is 4. The molecule has 2 aromatic carbocycles. The minimum absolute atomic E-state index is 0. The Kier molecular flexibility index (Phi) is 20.7. The standard InChI is InChI=1S/C31H44N2O2.2C2H4O2.Co/c1-5-10-22-16-24(12-7-3)30(34)26(18-22)20-32-28-14-9-15-29(28)33-21-27-19-23(11-6-2)17-25(13-8-4)31(27)35;2*1-2(3)4;/h16-21,28-29,34-35H,5-15H2,1-4H3;2*1H3,(H,3,4);/q;;;+2/p-2. The van der Waals surface area contributed by atoms with E-state index >= 15 is 0 Å². The number of phenolic OH excluding ortho intramolecular Hbond substituents is 2. The molecule has 0 amide bonds. The second-order valence-corrected chi connectivity index (χ2v) is 11.0. The zero-order valence-electron chi connectivity index (χ0n) is 27.2. The van der Waals surface area contributed by atoms with Crippen molar-refractivity contribution in [1.82, 2.24) is 0 Å². The summed E-state index contributed by atoms with van der Waals surface area (Å²) >= 11 is 0. The Morgan fingerprint density at radius 2 is 1.02 bits per heavy atom. The van der Waals surface area contributed by atoms with Crippen LogP contribution in [0, 0.1) is 0 Å². The van der Waals surface area contributed by atoms with Crippen molar-refractivity contribution in [3.63, 3.8) is 0 Å². The normalized spacial score (nSPS) is 15.7.